The van der Waals surface area contributed by atoms with E-state index in [1.165, 1.54) is 18.6 Å². The Morgan fingerprint density at radius 3 is 2.65 bits per heavy atom. The van der Waals surface area contributed by atoms with E-state index in [9.17, 15) is 9.18 Å². The fraction of sp³-hybridized carbons (Fsp3) is 0.462. The van der Waals surface area contributed by atoms with Crippen LogP contribution in [0.2, 0.25) is 5.02 Å². The van der Waals surface area contributed by atoms with E-state index in [4.69, 9.17) is 11.6 Å². The van der Waals surface area contributed by atoms with E-state index in [0.717, 1.165) is 25.7 Å². The molecule has 1 amide bonds. The van der Waals surface area contributed by atoms with Crippen molar-refractivity contribution in [3.63, 3.8) is 0 Å². The lowest BCUT2D eigenvalue weighted by Crippen LogP contribution is -2.24. The zero-order valence-electron chi connectivity index (χ0n) is 9.51. The van der Waals surface area contributed by atoms with Crippen molar-refractivity contribution in [2.24, 2.45) is 5.92 Å². The fourth-order valence-electron chi connectivity index (χ4n) is 2.18. The van der Waals surface area contributed by atoms with E-state index in [1.54, 1.807) is 6.07 Å². The Hall–Kier alpha value is -1.09. The zero-order chi connectivity index (χ0) is 12.3. The molecule has 0 bridgehead atoms. The second kappa shape index (κ2) is 5.50. The van der Waals surface area contributed by atoms with Crippen LogP contribution in [0.3, 0.4) is 0 Å². The molecule has 1 N–H and O–H groups in total. The molecule has 17 heavy (non-hydrogen) atoms. The minimum absolute atomic E-state index is 0.00794. The van der Waals surface area contributed by atoms with Gasteiger partial charge in [0.1, 0.15) is 5.82 Å². The SMILES string of the molecule is O=C(Nc1ccc(Cl)c(F)c1)C1CCCCC1. The van der Waals surface area contributed by atoms with Crippen LogP contribution in [0.25, 0.3) is 0 Å². The molecular weight excluding hydrogens is 241 g/mol. The Bertz CT molecular complexity index is 416. The minimum Gasteiger partial charge on any atom is -0.326 e. The number of hydrogen-bond donors (Lipinski definition) is 1. The van der Waals surface area contributed by atoms with Crippen LogP contribution in [0.5, 0.6) is 0 Å². The van der Waals surface area contributed by atoms with Crippen molar-refractivity contribution in [2.45, 2.75) is 32.1 Å². The zero-order valence-corrected chi connectivity index (χ0v) is 10.3. The van der Waals surface area contributed by atoms with Crippen molar-refractivity contribution in [3.8, 4) is 0 Å². The van der Waals surface area contributed by atoms with Crippen molar-refractivity contribution >= 4 is 23.2 Å². The maximum atomic E-state index is 13.2. The second-order valence-electron chi connectivity index (χ2n) is 4.45. The number of benzene rings is 1. The van der Waals surface area contributed by atoms with Gasteiger partial charge in [-0.25, -0.2) is 4.39 Å². The van der Waals surface area contributed by atoms with Gasteiger partial charge in [0.2, 0.25) is 5.91 Å². The molecule has 0 radical (unpaired) electrons. The summed E-state index contributed by atoms with van der Waals surface area (Å²) in [4.78, 5) is 11.9. The predicted molar refractivity (Wildman–Crippen MR) is 66.6 cm³/mol. The van der Waals surface area contributed by atoms with Crippen LogP contribution in [0, 0.1) is 11.7 Å². The molecule has 0 aliphatic heterocycles. The normalized spacial score (nSPS) is 16.8. The molecule has 0 spiro atoms. The van der Waals surface area contributed by atoms with E-state index < -0.39 is 5.82 Å². The topological polar surface area (TPSA) is 29.1 Å². The number of rotatable bonds is 2. The second-order valence-corrected chi connectivity index (χ2v) is 4.86. The van der Waals surface area contributed by atoms with Crippen molar-refractivity contribution in [1.29, 1.82) is 0 Å². The van der Waals surface area contributed by atoms with E-state index in [0.29, 0.717) is 5.69 Å². The molecular formula is C13H15ClFNO. The van der Waals surface area contributed by atoms with Gasteiger partial charge in [0.15, 0.2) is 0 Å². The van der Waals surface area contributed by atoms with Gasteiger partial charge in [-0.2, -0.15) is 0 Å². The Labute approximate surface area is 105 Å². The molecule has 1 aromatic rings. The highest BCUT2D eigenvalue weighted by Gasteiger charge is 2.21. The fourth-order valence-corrected chi connectivity index (χ4v) is 2.30. The highest BCUT2D eigenvalue weighted by atomic mass is 35.5. The molecule has 1 fully saturated rings. The van der Waals surface area contributed by atoms with E-state index in [-0.39, 0.29) is 16.8 Å². The Kier molecular flexibility index (Phi) is 4.00. The molecule has 92 valence electrons. The van der Waals surface area contributed by atoms with Gasteiger partial charge >= 0.3 is 0 Å². The lowest BCUT2D eigenvalue weighted by atomic mass is 9.88. The summed E-state index contributed by atoms with van der Waals surface area (Å²) < 4.78 is 13.2. The Balaban J connectivity index is 1.99. The highest BCUT2D eigenvalue weighted by Crippen LogP contribution is 2.25. The quantitative estimate of drug-likeness (QED) is 0.850. The Morgan fingerprint density at radius 1 is 1.29 bits per heavy atom. The van der Waals surface area contributed by atoms with Gasteiger partial charge in [0, 0.05) is 11.6 Å². The van der Waals surface area contributed by atoms with Crippen LogP contribution >= 0.6 is 11.6 Å². The lowest BCUT2D eigenvalue weighted by Gasteiger charge is -2.20. The number of carbonyl (C=O) groups is 1. The number of hydrogen-bond acceptors (Lipinski definition) is 1. The molecule has 0 saturated heterocycles. The summed E-state index contributed by atoms with van der Waals surface area (Å²) in [6.07, 6.45) is 5.28. The largest absolute Gasteiger partial charge is 0.326 e. The van der Waals surface area contributed by atoms with Crippen LogP contribution in [-0.4, -0.2) is 5.91 Å². The summed E-state index contributed by atoms with van der Waals surface area (Å²) in [6, 6.07) is 4.32. The highest BCUT2D eigenvalue weighted by molar-refractivity contribution is 6.30. The summed E-state index contributed by atoms with van der Waals surface area (Å²) in [6.45, 7) is 0. The van der Waals surface area contributed by atoms with Crippen molar-refractivity contribution < 1.29 is 9.18 Å². The van der Waals surface area contributed by atoms with Gasteiger partial charge in [0.05, 0.1) is 5.02 Å². The lowest BCUT2D eigenvalue weighted by molar-refractivity contribution is -0.120. The van der Waals surface area contributed by atoms with Crippen LogP contribution < -0.4 is 5.32 Å². The molecule has 2 rings (SSSR count). The van der Waals surface area contributed by atoms with Crippen LogP contribution in [-0.2, 0) is 4.79 Å². The van der Waals surface area contributed by atoms with Crippen LogP contribution in [0.4, 0.5) is 10.1 Å². The first-order valence-corrected chi connectivity index (χ1v) is 6.30. The molecule has 1 aliphatic carbocycles. The molecule has 0 atom stereocenters. The summed E-state index contributed by atoms with van der Waals surface area (Å²) in [7, 11) is 0. The molecule has 1 saturated carbocycles. The minimum atomic E-state index is -0.506. The average Bonchev–Trinajstić information content (AvgIpc) is 2.35. The molecule has 1 aromatic carbocycles. The van der Waals surface area contributed by atoms with Gasteiger partial charge in [-0.3, -0.25) is 4.79 Å². The maximum Gasteiger partial charge on any atom is 0.227 e. The summed E-state index contributed by atoms with van der Waals surface area (Å²) in [5, 5.41) is 2.81. The third-order valence-corrected chi connectivity index (χ3v) is 3.47. The molecule has 4 heteroatoms. The van der Waals surface area contributed by atoms with E-state index in [1.807, 2.05) is 0 Å². The summed E-state index contributed by atoms with van der Waals surface area (Å²) in [5.41, 5.74) is 0.475. The first-order chi connectivity index (χ1) is 8.16. The van der Waals surface area contributed by atoms with Gasteiger partial charge in [-0.05, 0) is 31.0 Å². The molecule has 0 heterocycles. The molecule has 2 nitrogen and oxygen atoms in total. The number of nitrogens with one attached hydrogen (secondary N) is 1. The molecule has 0 aromatic heterocycles. The number of anilines is 1. The number of amides is 1. The number of halogens is 2. The monoisotopic (exact) mass is 255 g/mol. The van der Waals surface area contributed by atoms with Crippen molar-refractivity contribution in [2.75, 3.05) is 5.32 Å². The van der Waals surface area contributed by atoms with Crippen molar-refractivity contribution in [3.05, 3.63) is 29.0 Å². The standard InChI is InChI=1S/C13H15ClFNO/c14-11-7-6-10(8-12(11)15)16-13(17)9-4-2-1-3-5-9/h6-9H,1-5H2,(H,16,17). The molecule has 0 unspecified atom stereocenters. The Morgan fingerprint density at radius 2 is 2.00 bits per heavy atom. The van der Waals surface area contributed by atoms with Gasteiger partial charge in [-0.1, -0.05) is 30.9 Å². The van der Waals surface area contributed by atoms with Crippen LogP contribution in [0.15, 0.2) is 18.2 Å². The van der Waals surface area contributed by atoms with Gasteiger partial charge in [0.25, 0.3) is 0 Å². The summed E-state index contributed by atoms with van der Waals surface area (Å²) in [5.74, 6) is -0.443. The van der Waals surface area contributed by atoms with E-state index in [2.05, 4.69) is 5.32 Å². The van der Waals surface area contributed by atoms with Gasteiger partial charge in [-0.15, -0.1) is 0 Å². The average molecular weight is 256 g/mol. The summed E-state index contributed by atoms with van der Waals surface area (Å²) >= 11 is 5.58. The van der Waals surface area contributed by atoms with Crippen molar-refractivity contribution in [1.82, 2.24) is 0 Å². The maximum absolute atomic E-state index is 13.2. The molecule has 1 aliphatic rings. The first kappa shape index (κ1) is 12.4. The third-order valence-electron chi connectivity index (χ3n) is 3.16. The van der Waals surface area contributed by atoms with E-state index >= 15 is 0 Å². The smallest absolute Gasteiger partial charge is 0.227 e. The van der Waals surface area contributed by atoms with Gasteiger partial charge < -0.3 is 5.32 Å². The first-order valence-electron chi connectivity index (χ1n) is 5.93. The predicted octanol–water partition coefficient (Wildman–Crippen LogP) is 4.00. The number of carbonyl (C=O) groups excluding carboxylic acids is 1. The third kappa shape index (κ3) is 3.19. The van der Waals surface area contributed by atoms with Crippen LogP contribution in [0.1, 0.15) is 32.1 Å².